The van der Waals surface area contributed by atoms with E-state index >= 15 is 0 Å². The first-order chi connectivity index (χ1) is 9.70. The summed E-state index contributed by atoms with van der Waals surface area (Å²) in [5.74, 6) is 0.0821. The second kappa shape index (κ2) is 6.83. The zero-order valence-corrected chi connectivity index (χ0v) is 11.2. The maximum atomic E-state index is 12.1. The standard InChI is InChI=1S/C13H12ClN3O3/c14-12-7-9(1-4-16-12)13(19)17-10-8-15-3-2-11(10)20-6-5-18/h1-4,7-8,18H,5-6H2,(H,17,19). The van der Waals surface area contributed by atoms with E-state index in [-0.39, 0.29) is 24.3 Å². The summed E-state index contributed by atoms with van der Waals surface area (Å²) in [7, 11) is 0. The molecule has 0 aromatic carbocycles. The highest BCUT2D eigenvalue weighted by molar-refractivity contribution is 6.29. The molecule has 0 aliphatic heterocycles. The third kappa shape index (κ3) is 3.66. The van der Waals surface area contributed by atoms with Gasteiger partial charge in [0.15, 0.2) is 0 Å². The van der Waals surface area contributed by atoms with Crippen molar-refractivity contribution in [2.24, 2.45) is 0 Å². The van der Waals surface area contributed by atoms with E-state index in [0.717, 1.165) is 0 Å². The van der Waals surface area contributed by atoms with Gasteiger partial charge in [0, 0.05) is 24.0 Å². The molecule has 0 radical (unpaired) electrons. The number of nitrogens with one attached hydrogen (secondary N) is 1. The molecular formula is C13H12ClN3O3. The van der Waals surface area contributed by atoms with Crippen molar-refractivity contribution in [1.82, 2.24) is 9.97 Å². The van der Waals surface area contributed by atoms with Gasteiger partial charge in [0.2, 0.25) is 0 Å². The predicted octanol–water partition coefficient (Wildman–Crippen LogP) is 1.75. The van der Waals surface area contributed by atoms with Crippen molar-refractivity contribution in [3.8, 4) is 5.75 Å². The molecule has 0 aliphatic carbocycles. The monoisotopic (exact) mass is 293 g/mol. The van der Waals surface area contributed by atoms with Crippen molar-refractivity contribution in [2.45, 2.75) is 0 Å². The van der Waals surface area contributed by atoms with Crippen LogP contribution < -0.4 is 10.1 Å². The lowest BCUT2D eigenvalue weighted by Gasteiger charge is -2.11. The molecule has 2 aromatic rings. The molecule has 2 rings (SSSR count). The molecule has 0 saturated heterocycles. The first-order valence-corrected chi connectivity index (χ1v) is 6.19. The summed E-state index contributed by atoms with van der Waals surface area (Å²) in [6, 6.07) is 4.61. The van der Waals surface area contributed by atoms with E-state index in [2.05, 4.69) is 15.3 Å². The minimum atomic E-state index is -0.351. The topological polar surface area (TPSA) is 84.3 Å². The van der Waals surface area contributed by atoms with Crippen molar-refractivity contribution in [3.05, 3.63) is 47.5 Å². The van der Waals surface area contributed by atoms with Crippen LogP contribution in [0.15, 0.2) is 36.8 Å². The van der Waals surface area contributed by atoms with Gasteiger partial charge in [0.1, 0.15) is 23.2 Å². The average molecular weight is 294 g/mol. The molecule has 2 aromatic heterocycles. The van der Waals surface area contributed by atoms with Crippen LogP contribution in [-0.4, -0.2) is 34.2 Å². The Labute approximate surface area is 120 Å². The van der Waals surface area contributed by atoms with Crippen molar-refractivity contribution in [1.29, 1.82) is 0 Å². The summed E-state index contributed by atoms with van der Waals surface area (Å²) >= 11 is 5.74. The number of carbonyl (C=O) groups excluding carboxylic acids is 1. The number of pyridine rings is 2. The molecular weight excluding hydrogens is 282 g/mol. The van der Waals surface area contributed by atoms with E-state index in [9.17, 15) is 4.79 Å². The maximum absolute atomic E-state index is 12.1. The minimum Gasteiger partial charge on any atom is -0.489 e. The van der Waals surface area contributed by atoms with Crippen LogP contribution in [0.25, 0.3) is 0 Å². The van der Waals surface area contributed by atoms with Crippen molar-refractivity contribution >= 4 is 23.2 Å². The second-order valence-electron chi connectivity index (χ2n) is 3.77. The summed E-state index contributed by atoms with van der Waals surface area (Å²) in [5.41, 5.74) is 0.792. The highest BCUT2D eigenvalue weighted by atomic mass is 35.5. The van der Waals surface area contributed by atoms with E-state index in [1.807, 2.05) is 0 Å². The Morgan fingerprint density at radius 1 is 1.40 bits per heavy atom. The number of aromatic nitrogens is 2. The molecule has 0 spiro atoms. The van der Waals surface area contributed by atoms with E-state index in [0.29, 0.717) is 17.0 Å². The van der Waals surface area contributed by atoms with E-state index in [4.69, 9.17) is 21.4 Å². The maximum Gasteiger partial charge on any atom is 0.255 e. The van der Waals surface area contributed by atoms with E-state index in [1.54, 1.807) is 12.1 Å². The third-order valence-corrected chi connectivity index (χ3v) is 2.57. The lowest BCUT2D eigenvalue weighted by molar-refractivity contribution is 0.102. The lowest BCUT2D eigenvalue weighted by Crippen LogP contribution is -2.14. The van der Waals surface area contributed by atoms with Gasteiger partial charge in [-0.1, -0.05) is 11.6 Å². The molecule has 1 amide bonds. The number of aliphatic hydroxyl groups excluding tert-OH is 1. The van der Waals surface area contributed by atoms with Crippen LogP contribution in [0.4, 0.5) is 5.69 Å². The van der Waals surface area contributed by atoms with E-state index in [1.165, 1.54) is 24.7 Å². The molecule has 0 bridgehead atoms. The van der Waals surface area contributed by atoms with E-state index < -0.39 is 0 Å². The molecule has 0 saturated carbocycles. The normalized spacial score (nSPS) is 10.1. The zero-order valence-electron chi connectivity index (χ0n) is 10.4. The number of nitrogens with zero attached hydrogens (tertiary/aromatic N) is 2. The Morgan fingerprint density at radius 2 is 2.25 bits per heavy atom. The van der Waals surface area contributed by atoms with Gasteiger partial charge >= 0.3 is 0 Å². The predicted molar refractivity (Wildman–Crippen MR) is 74.0 cm³/mol. The second-order valence-corrected chi connectivity index (χ2v) is 4.15. The van der Waals surface area contributed by atoms with Crippen LogP contribution in [0.5, 0.6) is 5.75 Å². The highest BCUT2D eigenvalue weighted by Gasteiger charge is 2.10. The Balaban J connectivity index is 2.15. The smallest absolute Gasteiger partial charge is 0.255 e. The minimum absolute atomic E-state index is 0.115. The number of aliphatic hydroxyl groups is 1. The fraction of sp³-hybridized carbons (Fsp3) is 0.154. The van der Waals surface area contributed by atoms with Gasteiger partial charge in [-0.15, -0.1) is 0 Å². The van der Waals surface area contributed by atoms with Gasteiger partial charge < -0.3 is 15.2 Å². The number of ether oxygens (including phenoxy) is 1. The first-order valence-electron chi connectivity index (χ1n) is 5.81. The SMILES string of the molecule is O=C(Nc1cnccc1OCCO)c1ccnc(Cl)c1. The average Bonchev–Trinajstić information content (AvgIpc) is 2.46. The van der Waals surface area contributed by atoms with Crippen molar-refractivity contribution in [2.75, 3.05) is 18.5 Å². The summed E-state index contributed by atoms with van der Waals surface area (Å²) in [6.07, 6.45) is 4.45. The van der Waals surface area contributed by atoms with Crippen molar-refractivity contribution in [3.63, 3.8) is 0 Å². The van der Waals surface area contributed by atoms with Crippen LogP contribution in [0.3, 0.4) is 0 Å². The summed E-state index contributed by atoms with van der Waals surface area (Å²) in [6.45, 7) is 0.0175. The van der Waals surface area contributed by atoms with Crippen LogP contribution in [0.1, 0.15) is 10.4 Å². The van der Waals surface area contributed by atoms with Gasteiger partial charge in [-0.2, -0.15) is 0 Å². The lowest BCUT2D eigenvalue weighted by atomic mass is 10.2. The molecule has 20 heavy (non-hydrogen) atoms. The van der Waals surface area contributed by atoms with Gasteiger partial charge in [-0.3, -0.25) is 9.78 Å². The number of hydrogen-bond acceptors (Lipinski definition) is 5. The molecule has 0 aliphatic rings. The van der Waals surface area contributed by atoms with Crippen LogP contribution in [0.2, 0.25) is 5.15 Å². The largest absolute Gasteiger partial charge is 0.489 e. The molecule has 6 nitrogen and oxygen atoms in total. The highest BCUT2D eigenvalue weighted by Crippen LogP contribution is 2.23. The molecule has 7 heteroatoms. The number of amides is 1. The van der Waals surface area contributed by atoms with Gasteiger partial charge in [-0.05, 0) is 12.1 Å². The Kier molecular flexibility index (Phi) is 4.86. The fourth-order valence-electron chi connectivity index (χ4n) is 1.50. The Morgan fingerprint density at radius 3 is 3.00 bits per heavy atom. The molecule has 0 atom stereocenters. The first kappa shape index (κ1) is 14.2. The third-order valence-electron chi connectivity index (χ3n) is 2.37. The number of anilines is 1. The molecule has 104 valence electrons. The summed E-state index contributed by atoms with van der Waals surface area (Å²) < 4.78 is 5.30. The number of carbonyl (C=O) groups is 1. The van der Waals surface area contributed by atoms with Gasteiger partial charge in [0.05, 0.1) is 12.8 Å². The quantitative estimate of drug-likeness (QED) is 0.821. The molecule has 0 unspecified atom stereocenters. The fourth-order valence-corrected chi connectivity index (χ4v) is 1.67. The molecule has 0 fully saturated rings. The van der Waals surface area contributed by atoms with Gasteiger partial charge in [-0.25, -0.2) is 4.98 Å². The van der Waals surface area contributed by atoms with Crippen molar-refractivity contribution < 1.29 is 14.6 Å². The summed E-state index contributed by atoms with van der Waals surface area (Å²) in [5, 5.41) is 11.7. The van der Waals surface area contributed by atoms with Crippen LogP contribution >= 0.6 is 11.6 Å². The van der Waals surface area contributed by atoms with Gasteiger partial charge in [0.25, 0.3) is 5.91 Å². The zero-order chi connectivity index (χ0) is 14.4. The molecule has 2 N–H and O–H groups in total. The Bertz CT molecular complexity index is 607. The molecule has 2 heterocycles. The summed E-state index contributed by atoms with van der Waals surface area (Å²) in [4.78, 5) is 19.8. The number of halogens is 1. The number of rotatable bonds is 5. The number of hydrogen-bond donors (Lipinski definition) is 2. The Hall–Kier alpha value is -2.18. The van der Waals surface area contributed by atoms with Crippen LogP contribution in [-0.2, 0) is 0 Å². The van der Waals surface area contributed by atoms with Crippen LogP contribution in [0, 0.1) is 0 Å².